The molecule has 14 heteroatoms. The third-order valence-corrected chi connectivity index (χ3v) is 6.98. The van der Waals surface area contributed by atoms with Gasteiger partial charge in [0.1, 0.15) is 13.2 Å². The molecule has 2 aliphatic rings. The van der Waals surface area contributed by atoms with Crippen molar-refractivity contribution in [3.05, 3.63) is 35.9 Å². The third kappa shape index (κ3) is 15.0. The van der Waals surface area contributed by atoms with Gasteiger partial charge in [0.05, 0.1) is 31.7 Å². The second-order valence-electron chi connectivity index (χ2n) is 10.5. The topological polar surface area (TPSA) is 135 Å². The van der Waals surface area contributed by atoms with Crippen molar-refractivity contribution in [1.82, 2.24) is 0 Å². The van der Waals surface area contributed by atoms with E-state index in [0.29, 0.717) is 32.3 Å². The summed E-state index contributed by atoms with van der Waals surface area (Å²) in [7, 11) is 0. The largest absolute Gasteiger partial charge is 0.461 e. The van der Waals surface area contributed by atoms with Crippen molar-refractivity contribution in [2.24, 2.45) is 11.8 Å². The van der Waals surface area contributed by atoms with Crippen LogP contribution in [0.25, 0.3) is 0 Å². The van der Waals surface area contributed by atoms with Crippen LogP contribution in [0.1, 0.15) is 71.8 Å². The molecule has 4 atom stereocenters. The lowest BCUT2D eigenvalue weighted by molar-refractivity contribution is -0.171. The molecule has 2 heterocycles. The lowest BCUT2D eigenvalue weighted by Gasteiger charge is -2.27. The van der Waals surface area contributed by atoms with Crippen LogP contribution in [0.5, 0.6) is 0 Å². The van der Waals surface area contributed by atoms with Gasteiger partial charge in [0.2, 0.25) is 0 Å². The zero-order valence-corrected chi connectivity index (χ0v) is 27.4. The molecule has 0 saturated carbocycles. The van der Waals surface area contributed by atoms with E-state index in [1.165, 1.54) is 0 Å². The normalized spacial score (nSPS) is 22.0. The zero-order chi connectivity index (χ0) is 32.5. The van der Waals surface area contributed by atoms with Gasteiger partial charge in [0.15, 0.2) is 11.2 Å². The van der Waals surface area contributed by atoms with Crippen LogP contribution in [0.3, 0.4) is 0 Å². The fraction of sp³-hybridized carbons (Fsp3) is 0.655. The summed E-state index contributed by atoms with van der Waals surface area (Å²) < 4.78 is 26.5. The molecule has 4 unspecified atom stereocenters. The molecule has 43 heavy (non-hydrogen) atoms. The molecular formula is C29H42BCl3O10. The molecule has 0 spiro atoms. The predicted octanol–water partition coefficient (Wildman–Crippen LogP) is 5.20. The van der Waals surface area contributed by atoms with Gasteiger partial charge < -0.3 is 28.8 Å². The Morgan fingerprint density at radius 1 is 0.860 bits per heavy atom. The Morgan fingerprint density at radius 2 is 1.30 bits per heavy atom. The third-order valence-electron chi connectivity index (χ3n) is 6.98. The van der Waals surface area contributed by atoms with Crippen LogP contribution >= 0.6 is 34.4 Å². The Morgan fingerprint density at radius 3 is 1.70 bits per heavy atom. The van der Waals surface area contributed by atoms with Crippen molar-refractivity contribution in [3.63, 3.8) is 0 Å². The lowest BCUT2D eigenvalue weighted by Crippen LogP contribution is -2.40. The van der Waals surface area contributed by atoms with E-state index in [2.05, 4.69) is 0 Å². The van der Waals surface area contributed by atoms with E-state index in [1.807, 2.05) is 51.1 Å². The van der Waals surface area contributed by atoms with Crippen LogP contribution in [-0.4, -0.2) is 71.6 Å². The second-order valence-corrected chi connectivity index (χ2v) is 12.5. The summed E-state index contributed by atoms with van der Waals surface area (Å²) in [6, 6.07) is 9.76. The molecule has 0 aromatic heterocycles. The fourth-order valence-electron chi connectivity index (χ4n) is 3.80. The molecule has 1 aromatic carbocycles. The quantitative estimate of drug-likeness (QED) is 0.170. The number of aliphatic hydroxyl groups excluding tert-OH is 1. The highest BCUT2D eigenvalue weighted by Crippen LogP contribution is 2.29. The van der Waals surface area contributed by atoms with Gasteiger partial charge >= 0.3 is 28.8 Å². The second kappa shape index (κ2) is 20.1. The van der Waals surface area contributed by atoms with E-state index in [-0.39, 0.29) is 68.6 Å². The van der Waals surface area contributed by atoms with Crippen molar-refractivity contribution in [3.8, 4) is 0 Å². The van der Waals surface area contributed by atoms with Gasteiger partial charge in [-0.15, -0.1) is 0 Å². The predicted molar refractivity (Wildman–Crippen MR) is 163 cm³/mol. The standard InChI is InChI=1S/C18H24O5.C11H18O5.BCl3/c1-3-14(2)17(20)22-13-18(10-9-16(19)23-18)12-21-11-15-7-5-4-6-8-15;1-3-8(2)10(14)15-7-11(6-12)5-4-9(13)16-11;2-1(3)4/h4-8,14H,3,9-13H2,1-2H3;8,12H,3-7H2,1-2H3;. The van der Waals surface area contributed by atoms with Crippen LogP contribution < -0.4 is 0 Å². The number of carbonyl (C=O) groups is 4. The van der Waals surface area contributed by atoms with E-state index in [1.54, 1.807) is 6.92 Å². The highest BCUT2D eigenvalue weighted by Gasteiger charge is 2.43. The maximum atomic E-state index is 11.8. The molecule has 3 rings (SSSR count). The minimum absolute atomic E-state index is 0.0523. The molecular weight excluding hydrogens is 625 g/mol. The molecule has 0 amide bonds. The van der Waals surface area contributed by atoms with Gasteiger partial charge in [-0.3, -0.25) is 19.2 Å². The van der Waals surface area contributed by atoms with Crippen molar-refractivity contribution in [2.75, 3.05) is 26.4 Å². The first kappa shape index (κ1) is 39.0. The van der Waals surface area contributed by atoms with E-state index in [4.69, 9.17) is 58.1 Å². The smallest absolute Gasteiger partial charge is 0.450 e. The van der Waals surface area contributed by atoms with Crippen LogP contribution in [0.2, 0.25) is 0 Å². The molecule has 0 radical (unpaired) electrons. The summed E-state index contributed by atoms with van der Waals surface area (Å²) in [6.07, 6.45) is 2.92. The van der Waals surface area contributed by atoms with Crippen molar-refractivity contribution < 1.29 is 48.0 Å². The first-order valence-corrected chi connectivity index (χ1v) is 15.5. The molecule has 1 N–H and O–H groups in total. The molecule has 10 nitrogen and oxygen atoms in total. The van der Waals surface area contributed by atoms with Crippen molar-refractivity contribution in [1.29, 1.82) is 0 Å². The van der Waals surface area contributed by atoms with Crippen molar-refractivity contribution >= 4 is 63.2 Å². The molecule has 0 bridgehead atoms. The number of carbonyl (C=O) groups excluding carboxylic acids is 4. The number of cyclic esters (lactones) is 2. The summed E-state index contributed by atoms with van der Waals surface area (Å²) in [6.45, 7) is 7.75. The number of ether oxygens (including phenoxy) is 5. The number of benzene rings is 1. The first-order chi connectivity index (χ1) is 20.3. The number of hydrogen-bond donors (Lipinski definition) is 1. The lowest BCUT2D eigenvalue weighted by atomic mass is 10.0. The number of hydrogen-bond acceptors (Lipinski definition) is 10. The van der Waals surface area contributed by atoms with Crippen LogP contribution in [0.15, 0.2) is 30.3 Å². The van der Waals surface area contributed by atoms with Gasteiger partial charge in [-0.2, -0.15) is 34.4 Å². The zero-order valence-electron chi connectivity index (χ0n) is 25.2. The molecule has 2 fully saturated rings. The summed E-state index contributed by atoms with van der Waals surface area (Å²) in [5, 5.41) is 9.17. The highest BCUT2D eigenvalue weighted by atomic mass is 35.6. The van der Waals surface area contributed by atoms with E-state index >= 15 is 0 Å². The Bertz CT molecular complexity index is 1010. The number of rotatable bonds is 13. The Balaban J connectivity index is 0.000000402. The van der Waals surface area contributed by atoms with Crippen LogP contribution in [0, 0.1) is 11.8 Å². The highest BCUT2D eigenvalue weighted by molar-refractivity contribution is 7.54. The molecule has 1 aromatic rings. The summed E-state index contributed by atoms with van der Waals surface area (Å²) in [5.41, 5.74) is -0.821. The van der Waals surface area contributed by atoms with Crippen LogP contribution in [0.4, 0.5) is 0 Å². The monoisotopic (exact) mass is 666 g/mol. The minimum Gasteiger partial charge on any atom is -0.461 e. The number of esters is 4. The fourth-order valence-corrected chi connectivity index (χ4v) is 3.80. The summed E-state index contributed by atoms with van der Waals surface area (Å²) in [4.78, 5) is 45.0. The van der Waals surface area contributed by atoms with Gasteiger partial charge in [-0.05, 0) is 18.4 Å². The Hall–Kier alpha value is -2.05. The number of halogens is 3. The van der Waals surface area contributed by atoms with Gasteiger partial charge in [0.25, 0.3) is 0 Å². The molecule has 0 aliphatic carbocycles. The molecule has 2 saturated heterocycles. The Labute approximate surface area is 268 Å². The first-order valence-electron chi connectivity index (χ1n) is 14.2. The number of aliphatic hydroxyl groups is 1. The van der Waals surface area contributed by atoms with E-state index < -0.39 is 16.2 Å². The maximum absolute atomic E-state index is 11.8. The van der Waals surface area contributed by atoms with E-state index in [9.17, 15) is 24.3 Å². The Kier molecular flexibility index (Phi) is 18.2. The molecule has 2 aliphatic heterocycles. The average Bonchev–Trinajstić information content (AvgIpc) is 3.56. The van der Waals surface area contributed by atoms with Gasteiger partial charge in [-0.1, -0.05) is 58.0 Å². The average molecular weight is 668 g/mol. The maximum Gasteiger partial charge on any atom is 0.450 e. The van der Waals surface area contributed by atoms with Crippen molar-refractivity contribution in [2.45, 2.75) is 84.0 Å². The SMILES string of the molecule is CCC(C)C(=O)OCC1(CO)CCC(=O)O1.CCC(C)C(=O)OCC1(COCc2ccccc2)CCC(=O)O1.ClB(Cl)Cl. The van der Waals surface area contributed by atoms with Gasteiger partial charge in [0, 0.05) is 25.7 Å². The van der Waals surface area contributed by atoms with Gasteiger partial charge in [-0.25, -0.2) is 0 Å². The van der Waals surface area contributed by atoms with Crippen LogP contribution in [-0.2, 0) is 49.5 Å². The summed E-state index contributed by atoms with van der Waals surface area (Å²) in [5.74, 6) is -1.54. The molecule has 242 valence electrons. The summed E-state index contributed by atoms with van der Waals surface area (Å²) >= 11 is 14.4. The van der Waals surface area contributed by atoms with E-state index in [0.717, 1.165) is 12.0 Å². The minimum atomic E-state index is -1.01.